The zero-order valence-electron chi connectivity index (χ0n) is 36.7. The van der Waals surface area contributed by atoms with Gasteiger partial charge in [0, 0.05) is 57.4 Å². The molecule has 6 rings (SSSR count). The molecule has 0 spiro atoms. The number of hydrogen-bond acceptors (Lipinski definition) is 18. The average Bonchev–Trinajstić information content (AvgIpc) is 3.84. The summed E-state index contributed by atoms with van der Waals surface area (Å²) in [5, 5.41) is 28.0. The molecule has 1 aromatic carbocycles. The van der Waals surface area contributed by atoms with Crippen LogP contribution in [0.5, 0.6) is 5.75 Å². The number of nitrogens with two attached hydrogens (primary N) is 2. The maximum absolute atomic E-state index is 12.1. The Hall–Kier alpha value is -6.86. The zero-order valence-corrected chi connectivity index (χ0v) is 38.3. The minimum atomic E-state index is -4.23. The van der Waals surface area contributed by atoms with Crippen LogP contribution in [0.4, 0.5) is 27.4 Å². The van der Waals surface area contributed by atoms with Gasteiger partial charge < -0.3 is 29.5 Å². The highest BCUT2D eigenvalue weighted by molar-refractivity contribution is 7.90. The minimum Gasteiger partial charge on any atom is -0.451 e. The van der Waals surface area contributed by atoms with E-state index >= 15 is 0 Å². The van der Waals surface area contributed by atoms with E-state index in [1.807, 2.05) is 45.9 Å². The van der Waals surface area contributed by atoms with E-state index in [0.717, 1.165) is 35.1 Å². The Labute approximate surface area is 370 Å². The van der Waals surface area contributed by atoms with Crippen molar-refractivity contribution in [3.63, 3.8) is 0 Å². The third-order valence-electron chi connectivity index (χ3n) is 7.69. The predicted octanol–water partition coefficient (Wildman–Crippen LogP) is 4.96. The Morgan fingerprint density at radius 2 is 1.02 bits per heavy atom. The number of ether oxygens (including phenoxy) is 1. The number of urea groups is 1. The molecule has 64 heavy (non-hydrogen) atoms. The van der Waals surface area contributed by atoms with Crippen molar-refractivity contribution in [1.29, 1.82) is 0 Å². The number of furan rings is 2. The molecule has 0 aliphatic rings. The zero-order chi connectivity index (χ0) is 48.2. The lowest BCUT2D eigenvalue weighted by Gasteiger charge is -2.13. The van der Waals surface area contributed by atoms with Crippen LogP contribution in [0.1, 0.15) is 73.0 Å². The molecule has 24 heteroatoms. The summed E-state index contributed by atoms with van der Waals surface area (Å²) in [6.45, 7) is 16.9. The van der Waals surface area contributed by atoms with Crippen molar-refractivity contribution in [1.82, 2.24) is 34.6 Å². The van der Waals surface area contributed by atoms with Crippen molar-refractivity contribution in [3.8, 4) is 5.75 Å². The summed E-state index contributed by atoms with van der Waals surface area (Å²) in [6.07, 6.45) is 1.67. The number of nitrogen functional groups attached to an aromatic ring is 1. The fraction of sp³-hybridized carbons (Fsp3) is 0.300. The fourth-order valence-corrected chi connectivity index (χ4v) is 6.22. The van der Waals surface area contributed by atoms with Gasteiger partial charge in [0.15, 0.2) is 0 Å². The Morgan fingerprint density at radius 3 is 1.39 bits per heavy atom. The lowest BCUT2D eigenvalue weighted by atomic mass is 10.0. The van der Waals surface area contributed by atoms with Gasteiger partial charge in [-0.05, 0) is 99.6 Å². The quantitative estimate of drug-likeness (QED) is 0.106. The Morgan fingerprint density at radius 1 is 0.625 bits per heavy atom. The molecule has 5 heterocycles. The molecule has 5 aromatic heterocycles. The second kappa shape index (κ2) is 21.5. The van der Waals surface area contributed by atoms with Gasteiger partial charge in [-0.3, -0.25) is 10.6 Å². The first-order chi connectivity index (χ1) is 29.5. The molecule has 0 saturated heterocycles. The topological polar surface area (TPSA) is 344 Å². The predicted molar refractivity (Wildman–Crippen MR) is 234 cm³/mol. The van der Waals surface area contributed by atoms with Crippen LogP contribution in [0.15, 0.2) is 92.2 Å². The van der Waals surface area contributed by atoms with E-state index < -0.39 is 48.5 Å². The number of nitrogens with zero attached hydrogens (tertiary/aromatic N) is 6. The second-order valence-corrected chi connectivity index (χ2v) is 17.9. The number of rotatable bonds is 8. The molecular weight excluding hydrogens is 875 g/mol. The molecule has 0 radical (unpaired) electrons. The molecule has 0 atom stereocenters. The molecule has 3 amide bonds. The third-order valence-corrected chi connectivity index (χ3v) is 9.67. The lowest BCUT2D eigenvalue weighted by Crippen LogP contribution is -2.34. The number of amides is 3. The van der Waals surface area contributed by atoms with Crippen molar-refractivity contribution >= 4 is 50.0 Å². The van der Waals surface area contributed by atoms with E-state index in [0.29, 0.717) is 28.6 Å². The monoisotopic (exact) mass is 925 g/mol. The molecule has 344 valence electrons. The van der Waals surface area contributed by atoms with Gasteiger partial charge in [0.2, 0.25) is 28.0 Å². The van der Waals surface area contributed by atoms with E-state index in [1.54, 1.807) is 48.9 Å². The molecular formula is C40H51N11O11S2. The van der Waals surface area contributed by atoms with Crippen LogP contribution in [0.3, 0.4) is 0 Å². The van der Waals surface area contributed by atoms with Crippen LogP contribution in [0.25, 0.3) is 0 Å². The number of aromatic nitrogens is 6. The summed E-state index contributed by atoms with van der Waals surface area (Å²) in [5.41, 5.74) is 8.23. The van der Waals surface area contributed by atoms with Gasteiger partial charge in [0.05, 0.1) is 23.7 Å². The normalized spacial score (nSPS) is 11.3. The van der Waals surface area contributed by atoms with Gasteiger partial charge in [0.25, 0.3) is 20.0 Å². The van der Waals surface area contributed by atoms with Gasteiger partial charge in [-0.15, -0.1) is 0 Å². The second-order valence-electron chi connectivity index (χ2n) is 14.8. The molecule has 6 aromatic rings. The number of nitrogens with one attached hydrogen (secondary N) is 3. The van der Waals surface area contributed by atoms with Gasteiger partial charge in [0.1, 0.15) is 5.75 Å². The molecule has 0 saturated carbocycles. The average molecular weight is 926 g/mol. The summed E-state index contributed by atoms with van der Waals surface area (Å²) >= 11 is 0. The number of para-hydroxylation sites is 1. The Kier molecular flexibility index (Phi) is 17.3. The maximum Gasteiger partial charge on any atom is 0.419 e. The van der Waals surface area contributed by atoms with Crippen LogP contribution in [0.2, 0.25) is 0 Å². The van der Waals surface area contributed by atoms with Crippen LogP contribution in [0, 0.1) is 41.5 Å². The molecule has 0 fully saturated rings. The molecule has 0 aliphatic heterocycles. The number of benzene rings is 1. The highest BCUT2D eigenvalue weighted by Crippen LogP contribution is 2.25. The molecule has 9 N–H and O–H groups in total. The number of sulfonamides is 2. The van der Waals surface area contributed by atoms with E-state index in [-0.39, 0.29) is 22.6 Å². The smallest absolute Gasteiger partial charge is 0.419 e. The van der Waals surface area contributed by atoms with Gasteiger partial charge in [-0.1, -0.05) is 18.2 Å². The minimum absolute atomic E-state index is 0.0168. The standard InChI is InChI=1S/C14H18N4O5S.C13H13N3O2.C7H11NO4S.C6H9N3/c1-8-5-9(2)16-12(15-8)17-13(19)18-24(21,22)11-6-10(7-23-11)14(3,4)20;1-9-8-10(2)15-12(14-9)16-13(17)18-11-6-4-3-5-7-11;1-7(2,9)5-3-6(12-4-5)13(8,10)11;1-4-3-5(2)9-6(7)8-4/h5-7,20H,1-4H3,(H2,15,16,17,18,19);3-8H,1-2H3,(H,14,15,16,17);3-4,9H,1-2H3,(H2,8,10,11);3H,1-2H3,(H2,7,8,9). The van der Waals surface area contributed by atoms with E-state index in [1.165, 1.54) is 40.0 Å². The van der Waals surface area contributed by atoms with Gasteiger partial charge in [-0.25, -0.2) is 57.8 Å². The van der Waals surface area contributed by atoms with Crippen LogP contribution in [-0.4, -0.2) is 69.1 Å². The molecule has 22 nitrogen and oxygen atoms in total. The van der Waals surface area contributed by atoms with Gasteiger partial charge >= 0.3 is 12.1 Å². The first-order valence-corrected chi connectivity index (χ1v) is 21.8. The number of aliphatic hydroxyl groups is 2. The number of hydrogen-bond donors (Lipinski definition) is 7. The Balaban J connectivity index is 0.000000240. The Bertz CT molecular complexity index is 2680. The molecule has 0 aliphatic carbocycles. The maximum atomic E-state index is 12.1. The first-order valence-electron chi connectivity index (χ1n) is 18.8. The highest BCUT2D eigenvalue weighted by atomic mass is 32.2. The van der Waals surface area contributed by atoms with Crippen LogP contribution >= 0.6 is 0 Å². The first kappa shape index (κ1) is 51.5. The summed E-state index contributed by atoms with van der Waals surface area (Å²) in [5.74, 6) is 1.05. The van der Waals surface area contributed by atoms with Crippen LogP contribution in [-0.2, 0) is 31.2 Å². The number of primary sulfonamides is 1. The van der Waals surface area contributed by atoms with Crippen LogP contribution < -0.4 is 31.0 Å². The lowest BCUT2D eigenvalue weighted by molar-refractivity contribution is 0.0773. The SMILES string of the molecule is CC(C)(O)c1coc(S(N)(=O)=O)c1.Cc1cc(C)nc(N)n1.Cc1cc(C)nc(NC(=O)NS(=O)(=O)c2cc(C(C)(C)O)co2)n1.Cc1cc(C)nc(NC(=O)Oc2ccccc2)n1. The van der Waals surface area contributed by atoms with E-state index in [2.05, 4.69) is 45.0 Å². The van der Waals surface area contributed by atoms with E-state index in [9.17, 15) is 36.6 Å². The van der Waals surface area contributed by atoms with E-state index in [4.69, 9.17) is 20.0 Å². The van der Waals surface area contributed by atoms with Crippen molar-refractivity contribution in [2.24, 2.45) is 5.14 Å². The van der Waals surface area contributed by atoms with Crippen molar-refractivity contribution in [2.75, 3.05) is 16.4 Å². The summed E-state index contributed by atoms with van der Waals surface area (Å²) in [4.78, 5) is 47.4. The summed E-state index contributed by atoms with van der Waals surface area (Å²) in [7, 11) is -8.05. The van der Waals surface area contributed by atoms with Gasteiger partial charge in [-0.2, -0.15) is 8.42 Å². The van der Waals surface area contributed by atoms with Crippen molar-refractivity contribution in [3.05, 3.63) is 118 Å². The number of anilines is 3. The molecule has 0 unspecified atom stereocenters. The number of carbonyl (C=O) groups is 2. The molecule has 0 bridgehead atoms. The summed E-state index contributed by atoms with van der Waals surface area (Å²) in [6, 6.07) is 15.6. The number of carbonyl (C=O) groups excluding carboxylic acids is 2. The highest BCUT2D eigenvalue weighted by Gasteiger charge is 2.27. The summed E-state index contributed by atoms with van der Waals surface area (Å²) < 4.78 is 62.3. The van der Waals surface area contributed by atoms with Crippen molar-refractivity contribution in [2.45, 2.75) is 90.6 Å². The fourth-order valence-electron chi connectivity index (χ4n) is 4.89. The van der Waals surface area contributed by atoms with Crippen molar-refractivity contribution < 1.29 is 50.2 Å². The number of aryl methyl sites for hydroxylation is 6. The third kappa shape index (κ3) is 17.5. The largest absolute Gasteiger partial charge is 0.451 e.